The van der Waals surface area contributed by atoms with Crippen molar-refractivity contribution in [3.05, 3.63) is 55.8 Å². The van der Waals surface area contributed by atoms with Crippen LogP contribution in [-0.2, 0) is 49.7 Å². The summed E-state index contributed by atoms with van der Waals surface area (Å²) in [4.78, 5) is 88.4. The van der Waals surface area contributed by atoms with Crippen LogP contribution in [0.15, 0.2) is 38.9 Å². The number of anilines is 1. The van der Waals surface area contributed by atoms with E-state index in [0.29, 0.717) is 4.57 Å². The molecule has 6 N–H and O–H groups in total. The number of aliphatic hydroxyl groups excluding tert-OH is 3. The van der Waals surface area contributed by atoms with E-state index in [2.05, 4.69) is 27.0 Å². The summed E-state index contributed by atoms with van der Waals surface area (Å²) in [6.45, 7) is -2.44. The zero-order chi connectivity index (χ0) is 35.8. The molecule has 2 aliphatic heterocycles. The summed E-state index contributed by atoms with van der Waals surface area (Å²) in [6.07, 6.45) is -9.78. The molecule has 0 radical (unpaired) electrons. The van der Waals surface area contributed by atoms with Gasteiger partial charge in [-0.05, 0) is 6.07 Å². The van der Waals surface area contributed by atoms with Crippen molar-refractivity contribution >= 4 is 37.1 Å². The van der Waals surface area contributed by atoms with Gasteiger partial charge in [-0.3, -0.25) is 37.2 Å². The first-order valence-corrected chi connectivity index (χ1v) is 18.6. The van der Waals surface area contributed by atoms with Gasteiger partial charge in [-0.1, -0.05) is 0 Å². The van der Waals surface area contributed by atoms with Crippen LogP contribution in [-0.4, -0.2) is 78.2 Å². The third kappa shape index (κ3) is 15.1. The molecule has 26 nitrogen and oxygen atoms in total. The van der Waals surface area contributed by atoms with Gasteiger partial charge >= 0.3 is 130 Å². The average molecular weight is 861 g/mol. The van der Waals surface area contributed by atoms with E-state index in [1.807, 2.05) is 4.98 Å². The van der Waals surface area contributed by atoms with Gasteiger partial charge < -0.3 is 59.1 Å². The molecule has 4 unspecified atom stereocenters. The van der Waals surface area contributed by atoms with Gasteiger partial charge in [0.05, 0.1) is 19.3 Å². The molecule has 52 heavy (non-hydrogen) atoms. The van der Waals surface area contributed by atoms with Crippen LogP contribution in [0, 0.1) is 0 Å². The van der Waals surface area contributed by atoms with Crippen LogP contribution in [0.4, 0.5) is 5.82 Å². The Morgan fingerprint density at radius 1 is 0.788 bits per heavy atom. The molecule has 34 heteroatoms. The number of H-pyrrole nitrogens is 1. The second kappa shape index (κ2) is 21.6. The largest absolute Gasteiger partial charge is 1.00 e. The van der Waals surface area contributed by atoms with Crippen molar-refractivity contribution in [3.63, 3.8) is 0 Å². The maximum absolute atomic E-state index is 12.0. The van der Waals surface area contributed by atoms with Crippen molar-refractivity contribution in [2.24, 2.45) is 0 Å². The Balaban J connectivity index is 0.00000650. The fraction of sp³-hybridized carbons (Fsp3) is 0.556. The number of nitrogens with one attached hydrogen (secondary N) is 1. The fourth-order valence-corrected chi connectivity index (χ4v) is 8.93. The van der Waals surface area contributed by atoms with E-state index in [9.17, 15) is 67.5 Å². The Morgan fingerprint density at radius 3 is 1.81 bits per heavy atom. The molecule has 2 fully saturated rings. The van der Waals surface area contributed by atoms with Crippen molar-refractivity contribution in [3.8, 4) is 0 Å². The van der Waals surface area contributed by atoms with E-state index in [4.69, 9.17) is 15.2 Å². The molecule has 270 valence electrons. The van der Waals surface area contributed by atoms with E-state index in [0.717, 1.165) is 16.8 Å². The van der Waals surface area contributed by atoms with Crippen molar-refractivity contribution in [1.82, 2.24) is 19.1 Å². The average Bonchev–Trinajstić information content (AvgIpc) is 3.42. The molecular formula is C18H23N5Na4O21P4. The van der Waals surface area contributed by atoms with Crippen molar-refractivity contribution in [1.29, 1.82) is 0 Å². The molecule has 0 spiro atoms. The molecule has 0 amide bonds. The van der Waals surface area contributed by atoms with Crippen LogP contribution in [0.25, 0.3) is 0 Å². The monoisotopic (exact) mass is 861 g/mol. The van der Waals surface area contributed by atoms with Crippen molar-refractivity contribution in [2.45, 2.75) is 49.4 Å². The number of ether oxygens (including phenoxy) is 2. The number of nitrogen functional groups attached to an aromatic ring is 1. The van der Waals surface area contributed by atoms with Gasteiger partial charge in [0.15, 0.2) is 6.23 Å². The third-order valence-electron chi connectivity index (χ3n) is 6.22. The molecule has 2 aromatic rings. The number of phosphoric ester groups is 2. The van der Waals surface area contributed by atoms with Gasteiger partial charge in [-0.25, -0.2) is 22.5 Å². The second-order valence-electron chi connectivity index (χ2n) is 9.66. The van der Waals surface area contributed by atoms with Gasteiger partial charge in [0.1, 0.15) is 36.5 Å². The standard InChI is InChI=1S/C18H27N5O21P4.4Na/c19-11-1-3-22(17(28)20-11)13-5-8(24)9(40-13)6-38-45(30,31)42-47(34,35)44-48(36,37)43-46(32,33)39-7-10-14(26)15(27)16(41-10)23-4-2-12(25)21-18(23)29;;;;/h1-4,8-10,13-16,24,26-27H,5-7H2,(H,30,31)(H,32,33)(H,34,35)(H,36,37)(H2,19,20,28)(H,21,25,29);;;;/q;4*+1/p-4/t8-,9+,10-,13+,14+,15+,16+;;;;/m0..../s1. The molecule has 0 aliphatic carbocycles. The quantitative estimate of drug-likeness (QED) is 0.0869. The molecule has 4 rings (SSSR count). The molecule has 4 heterocycles. The van der Waals surface area contributed by atoms with Crippen LogP contribution in [0.3, 0.4) is 0 Å². The van der Waals surface area contributed by atoms with E-state index in [-0.39, 0.29) is 130 Å². The zero-order valence-electron chi connectivity index (χ0n) is 27.4. The van der Waals surface area contributed by atoms with Crippen LogP contribution >= 0.6 is 31.3 Å². The number of phosphoric acid groups is 4. The summed E-state index contributed by atoms with van der Waals surface area (Å²) in [6, 6.07) is 2.07. The minimum absolute atomic E-state index is 0. The number of aliphatic hydroxyl groups is 3. The molecule has 0 saturated carbocycles. The molecule has 11 atom stereocenters. The Hall–Kier alpha value is 1.72. The molecule has 0 bridgehead atoms. The topological polar surface area (TPSA) is 402 Å². The summed E-state index contributed by atoms with van der Waals surface area (Å²) >= 11 is 0. The van der Waals surface area contributed by atoms with E-state index < -0.39 is 104 Å². The molecule has 2 saturated heterocycles. The Bertz CT molecular complexity index is 1890. The predicted octanol–water partition coefficient (Wildman–Crippen LogP) is -17.4. The Labute approximate surface area is 378 Å². The zero-order valence-corrected chi connectivity index (χ0v) is 38.9. The van der Waals surface area contributed by atoms with Crippen molar-refractivity contribution in [2.75, 3.05) is 18.9 Å². The minimum Gasteiger partial charge on any atom is -0.756 e. The first-order valence-electron chi connectivity index (χ1n) is 12.8. The maximum Gasteiger partial charge on any atom is 1.00 e. The summed E-state index contributed by atoms with van der Waals surface area (Å²) in [7, 11) is -25.4. The van der Waals surface area contributed by atoms with Crippen LogP contribution in [0.5, 0.6) is 0 Å². The van der Waals surface area contributed by atoms with Gasteiger partial charge in [0.25, 0.3) is 36.9 Å². The maximum atomic E-state index is 12.0. The van der Waals surface area contributed by atoms with Crippen LogP contribution in [0.1, 0.15) is 18.9 Å². The van der Waals surface area contributed by atoms with E-state index in [1.165, 1.54) is 12.3 Å². The Morgan fingerprint density at radius 2 is 1.29 bits per heavy atom. The second-order valence-corrected chi connectivity index (χ2v) is 15.7. The normalized spacial score (nSPS) is 28.6. The number of nitrogens with two attached hydrogens (primary N) is 1. The summed E-state index contributed by atoms with van der Waals surface area (Å²) in [5, 5.41) is 30.4. The Kier molecular flexibility index (Phi) is 22.4. The number of rotatable bonds is 14. The van der Waals surface area contributed by atoms with Crippen LogP contribution < -0.4 is 160 Å². The molecule has 2 aromatic heterocycles. The van der Waals surface area contributed by atoms with E-state index >= 15 is 0 Å². The molecule has 0 aromatic carbocycles. The third-order valence-corrected chi connectivity index (χ3v) is 12.0. The predicted molar refractivity (Wildman–Crippen MR) is 140 cm³/mol. The molecule has 2 aliphatic rings. The summed E-state index contributed by atoms with van der Waals surface area (Å²) < 4.78 is 79.0. The van der Waals surface area contributed by atoms with E-state index in [1.54, 1.807) is 0 Å². The SMILES string of the molecule is Nc1ccn([C@H]2C[C@H](O)[C@@H](COP(=O)([O-])OP(=O)([O-])OP(=O)([O-])OP(=O)([O-])OC[C@@H]3O[C@@H](n4ccc(=O)[nH]c4=O)[C@H](O)[C@@H]3O)O2)c(=O)n1.[Na+].[Na+].[Na+].[Na+]. The minimum atomic E-state index is -6.59. The molecular weight excluding hydrogens is 838 g/mol. The fourth-order valence-electron chi connectivity index (χ4n) is 4.18. The number of aromatic nitrogens is 4. The number of hydrogen-bond donors (Lipinski definition) is 5. The first-order chi connectivity index (χ1) is 22.1. The number of hydrogen-bond acceptors (Lipinski definition) is 23. The number of nitrogens with zero attached hydrogens (tertiary/aromatic N) is 3. The van der Waals surface area contributed by atoms with Crippen LogP contribution in [0.2, 0.25) is 0 Å². The first kappa shape index (κ1) is 53.7. The smallest absolute Gasteiger partial charge is 0.756 e. The summed E-state index contributed by atoms with van der Waals surface area (Å²) in [5.41, 5.74) is 2.58. The van der Waals surface area contributed by atoms with Gasteiger partial charge in [0, 0.05) is 24.9 Å². The van der Waals surface area contributed by atoms with Gasteiger partial charge in [0.2, 0.25) is 0 Å². The van der Waals surface area contributed by atoms with Crippen molar-refractivity contribution < 1.29 is 203 Å². The number of aromatic amines is 1. The van der Waals surface area contributed by atoms with Gasteiger partial charge in [-0.2, -0.15) is 4.98 Å². The summed E-state index contributed by atoms with van der Waals surface area (Å²) in [5.74, 6) is -0.125. The van der Waals surface area contributed by atoms with Gasteiger partial charge in [-0.15, -0.1) is 0 Å².